The van der Waals surface area contributed by atoms with Crippen LogP contribution in [0.3, 0.4) is 0 Å². The van der Waals surface area contributed by atoms with Crippen molar-refractivity contribution in [1.29, 1.82) is 0 Å². The summed E-state index contributed by atoms with van der Waals surface area (Å²) in [6, 6.07) is 11.2. The van der Waals surface area contributed by atoms with Gasteiger partial charge in [-0.05, 0) is 31.5 Å². The molecule has 0 amide bonds. The van der Waals surface area contributed by atoms with Gasteiger partial charge < -0.3 is 19.8 Å². The molecule has 0 fully saturated rings. The van der Waals surface area contributed by atoms with Crippen molar-refractivity contribution in [3.63, 3.8) is 0 Å². The standard InChI is InChI=1S/C20H20N4O3/c1-12-8-18(25)24-20(22-12)14-6-7-17(21-10-14)23-15-9-13-4-3-5-16(26-2)19(13)27-11-15/h3-8,10,15H,9,11H2,1-2H3,(H,21,23)(H,22,24,25). The number of nitrogens with one attached hydrogen (secondary N) is 2. The molecule has 1 atom stereocenters. The molecular formula is C20H20N4O3. The smallest absolute Gasteiger partial charge is 0.251 e. The van der Waals surface area contributed by atoms with Gasteiger partial charge in [0.05, 0.1) is 13.2 Å². The summed E-state index contributed by atoms with van der Waals surface area (Å²) in [7, 11) is 1.64. The van der Waals surface area contributed by atoms with Gasteiger partial charge in [-0.25, -0.2) is 9.97 Å². The largest absolute Gasteiger partial charge is 0.493 e. The van der Waals surface area contributed by atoms with Gasteiger partial charge in [-0.2, -0.15) is 0 Å². The molecule has 1 aliphatic rings. The van der Waals surface area contributed by atoms with Gasteiger partial charge in [0.15, 0.2) is 11.5 Å². The van der Waals surface area contributed by atoms with Crippen LogP contribution in [0.2, 0.25) is 0 Å². The molecule has 2 aromatic heterocycles. The number of ether oxygens (including phenoxy) is 2. The lowest BCUT2D eigenvalue weighted by molar-refractivity contribution is 0.256. The Morgan fingerprint density at radius 2 is 2.19 bits per heavy atom. The van der Waals surface area contributed by atoms with Crippen LogP contribution >= 0.6 is 0 Å². The number of nitrogens with zero attached hydrogens (tertiary/aromatic N) is 2. The minimum absolute atomic E-state index is 0.111. The second kappa shape index (κ2) is 7.11. The number of methoxy groups -OCH3 is 1. The normalized spacial score (nSPS) is 15.6. The number of benzene rings is 1. The number of rotatable bonds is 4. The summed E-state index contributed by atoms with van der Waals surface area (Å²) in [5.41, 5.74) is 2.37. The van der Waals surface area contributed by atoms with Gasteiger partial charge >= 0.3 is 0 Å². The summed E-state index contributed by atoms with van der Waals surface area (Å²) in [4.78, 5) is 23.1. The average Bonchev–Trinajstić information content (AvgIpc) is 2.67. The maximum absolute atomic E-state index is 11.6. The van der Waals surface area contributed by atoms with Crippen molar-refractivity contribution in [1.82, 2.24) is 15.0 Å². The van der Waals surface area contributed by atoms with Crippen molar-refractivity contribution in [3.8, 4) is 22.9 Å². The molecule has 0 radical (unpaired) electrons. The first-order valence-electron chi connectivity index (χ1n) is 8.72. The fourth-order valence-electron chi connectivity index (χ4n) is 3.19. The van der Waals surface area contributed by atoms with E-state index < -0.39 is 0 Å². The van der Waals surface area contributed by atoms with E-state index in [-0.39, 0.29) is 11.6 Å². The van der Waals surface area contributed by atoms with Gasteiger partial charge in [0, 0.05) is 29.1 Å². The Labute approximate surface area is 156 Å². The van der Waals surface area contributed by atoms with E-state index in [4.69, 9.17) is 9.47 Å². The maximum Gasteiger partial charge on any atom is 0.251 e. The number of pyridine rings is 1. The Balaban J connectivity index is 1.48. The molecule has 0 saturated carbocycles. The average molecular weight is 364 g/mol. The predicted octanol–water partition coefficient (Wildman–Crippen LogP) is 2.56. The third-order valence-electron chi connectivity index (χ3n) is 4.43. The number of fused-ring (bicyclic) bond motifs is 1. The Hall–Kier alpha value is -3.35. The van der Waals surface area contributed by atoms with Gasteiger partial charge in [0.1, 0.15) is 18.2 Å². The van der Waals surface area contributed by atoms with E-state index in [1.807, 2.05) is 30.3 Å². The first-order chi connectivity index (χ1) is 13.1. The summed E-state index contributed by atoms with van der Waals surface area (Å²) in [6.45, 7) is 2.32. The topological polar surface area (TPSA) is 89.1 Å². The predicted molar refractivity (Wildman–Crippen MR) is 102 cm³/mol. The highest BCUT2D eigenvalue weighted by molar-refractivity contribution is 5.56. The number of hydrogen-bond acceptors (Lipinski definition) is 6. The van der Waals surface area contributed by atoms with Crippen molar-refractivity contribution < 1.29 is 9.47 Å². The molecule has 0 spiro atoms. The van der Waals surface area contributed by atoms with Crippen molar-refractivity contribution in [3.05, 3.63) is 64.2 Å². The summed E-state index contributed by atoms with van der Waals surface area (Å²) in [5, 5.41) is 3.39. The molecule has 1 unspecified atom stereocenters. The summed E-state index contributed by atoms with van der Waals surface area (Å²) in [5.74, 6) is 2.83. The quantitative estimate of drug-likeness (QED) is 0.740. The van der Waals surface area contributed by atoms with E-state index in [1.54, 1.807) is 20.2 Å². The molecule has 4 rings (SSSR count). The minimum Gasteiger partial charge on any atom is -0.493 e. The molecule has 1 aromatic carbocycles. The molecular weight excluding hydrogens is 344 g/mol. The summed E-state index contributed by atoms with van der Waals surface area (Å²) < 4.78 is 11.2. The molecule has 3 heterocycles. The van der Waals surface area contributed by atoms with Crippen molar-refractivity contribution >= 4 is 5.82 Å². The Morgan fingerprint density at radius 1 is 1.30 bits per heavy atom. The molecule has 0 bridgehead atoms. The van der Waals surface area contributed by atoms with E-state index in [9.17, 15) is 4.79 Å². The Bertz CT molecular complexity index is 1010. The zero-order chi connectivity index (χ0) is 18.8. The Morgan fingerprint density at radius 3 is 2.93 bits per heavy atom. The van der Waals surface area contributed by atoms with E-state index in [1.165, 1.54) is 6.07 Å². The van der Waals surface area contributed by atoms with Crippen LogP contribution in [0.25, 0.3) is 11.4 Å². The highest BCUT2D eigenvalue weighted by Crippen LogP contribution is 2.35. The van der Waals surface area contributed by atoms with Crippen LogP contribution < -0.4 is 20.3 Å². The summed E-state index contributed by atoms with van der Waals surface area (Å²) >= 11 is 0. The zero-order valence-electron chi connectivity index (χ0n) is 15.2. The van der Waals surface area contributed by atoms with E-state index in [0.717, 1.165) is 34.9 Å². The number of para-hydroxylation sites is 1. The molecule has 3 aromatic rings. The van der Waals surface area contributed by atoms with Gasteiger partial charge in [0.2, 0.25) is 0 Å². The van der Waals surface area contributed by atoms with Gasteiger partial charge in [0.25, 0.3) is 5.56 Å². The number of hydrogen-bond donors (Lipinski definition) is 2. The lowest BCUT2D eigenvalue weighted by Gasteiger charge is -2.27. The number of H-pyrrole nitrogens is 1. The first-order valence-corrected chi connectivity index (χ1v) is 8.72. The SMILES string of the molecule is COc1cccc2c1OCC(Nc1ccc(-c3nc(C)cc(=O)[nH]3)cn1)C2. The molecule has 2 N–H and O–H groups in total. The lowest BCUT2D eigenvalue weighted by atomic mass is 10.0. The van der Waals surface area contributed by atoms with Gasteiger partial charge in [-0.1, -0.05) is 12.1 Å². The second-order valence-electron chi connectivity index (χ2n) is 6.47. The van der Waals surface area contributed by atoms with Gasteiger partial charge in [-0.3, -0.25) is 4.79 Å². The van der Waals surface area contributed by atoms with Gasteiger partial charge in [-0.15, -0.1) is 0 Å². The molecule has 0 saturated heterocycles. The lowest BCUT2D eigenvalue weighted by Crippen LogP contribution is -2.33. The van der Waals surface area contributed by atoms with Crippen LogP contribution in [0.1, 0.15) is 11.3 Å². The maximum atomic E-state index is 11.6. The van der Waals surface area contributed by atoms with E-state index >= 15 is 0 Å². The van der Waals surface area contributed by atoms with Crippen LogP contribution in [0, 0.1) is 6.92 Å². The molecule has 1 aliphatic heterocycles. The minimum atomic E-state index is -0.173. The first kappa shape index (κ1) is 17.1. The molecule has 0 aliphatic carbocycles. The second-order valence-corrected chi connectivity index (χ2v) is 6.47. The fraction of sp³-hybridized carbons (Fsp3) is 0.250. The molecule has 27 heavy (non-hydrogen) atoms. The molecule has 7 nitrogen and oxygen atoms in total. The van der Waals surface area contributed by atoms with Crippen molar-refractivity contribution in [2.45, 2.75) is 19.4 Å². The third kappa shape index (κ3) is 3.62. The van der Waals surface area contributed by atoms with Crippen LogP contribution in [0.5, 0.6) is 11.5 Å². The number of aromatic nitrogens is 3. The summed E-state index contributed by atoms with van der Waals surface area (Å²) in [6.07, 6.45) is 2.52. The molecule has 138 valence electrons. The van der Waals surface area contributed by atoms with Crippen LogP contribution in [0.4, 0.5) is 5.82 Å². The third-order valence-corrected chi connectivity index (χ3v) is 4.43. The zero-order valence-corrected chi connectivity index (χ0v) is 15.2. The van der Waals surface area contributed by atoms with Crippen molar-refractivity contribution in [2.24, 2.45) is 0 Å². The molecule has 7 heteroatoms. The fourth-order valence-corrected chi connectivity index (χ4v) is 3.19. The highest BCUT2D eigenvalue weighted by atomic mass is 16.5. The monoisotopic (exact) mass is 364 g/mol. The van der Waals surface area contributed by atoms with Crippen LogP contribution in [0.15, 0.2) is 47.4 Å². The van der Waals surface area contributed by atoms with E-state index in [0.29, 0.717) is 18.1 Å². The van der Waals surface area contributed by atoms with E-state index in [2.05, 4.69) is 20.3 Å². The number of anilines is 1. The van der Waals surface area contributed by atoms with Crippen molar-refractivity contribution in [2.75, 3.05) is 19.0 Å². The number of aryl methyl sites for hydroxylation is 1. The Kier molecular flexibility index (Phi) is 4.50. The van der Waals surface area contributed by atoms with Crippen LogP contribution in [-0.2, 0) is 6.42 Å². The van der Waals surface area contributed by atoms with Crippen LogP contribution in [-0.4, -0.2) is 34.7 Å². The highest BCUT2D eigenvalue weighted by Gasteiger charge is 2.22. The number of aromatic amines is 1.